The highest BCUT2D eigenvalue weighted by atomic mass is 35.5. The number of nitrogens with two attached hydrogens (primary N) is 1. The number of nitrogens with zero attached hydrogens (tertiary/aromatic N) is 1. The maximum Gasteiger partial charge on any atom is 0.387 e. The predicted molar refractivity (Wildman–Crippen MR) is 88.8 cm³/mol. The summed E-state index contributed by atoms with van der Waals surface area (Å²) in [6.07, 6.45) is 1.29. The van der Waals surface area contributed by atoms with E-state index in [1.807, 2.05) is 0 Å². The van der Waals surface area contributed by atoms with Gasteiger partial charge in [-0.25, -0.2) is 0 Å². The average Bonchev–Trinajstić information content (AvgIpc) is 2.60. The minimum Gasteiger partial charge on any atom is -0.434 e. The molecular weight excluding hydrogens is 356 g/mol. The number of benzene rings is 1. The van der Waals surface area contributed by atoms with Crippen molar-refractivity contribution in [1.82, 2.24) is 10.2 Å². The van der Waals surface area contributed by atoms with Crippen molar-refractivity contribution in [2.24, 2.45) is 11.7 Å². The first-order valence-corrected chi connectivity index (χ1v) is 8.31. The Morgan fingerprint density at radius 2 is 2.20 bits per heavy atom. The molecule has 0 aliphatic carbocycles. The molecular formula is C16H20ClF2N3O3. The Kier molecular flexibility index (Phi) is 6.95. The van der Waals surface area contributed by atoms with E-state index in [-0.39, 0.29) is 34.7 Å². The SMILES string of the molecule is NCCNC(=O)C1CCCN(C(=O)c2cc(Cl)ccc2OC(F)F)C1. The van der Waals surface area contributed by atoms with E-state index in [9.17, 15) is 18.4 Å². The number of likely N-dealkylation sites (tertiary alicyclic amines) is 1. The van der Waals surface area contributed by atoms with Gasteiger partial charge in [-0.3, -0.25) is 9.59 Å². The molecule has 6 nitrogen and oxygen atoms in total. The minimum atomic E-state index is -3.05. The van der Waals surface area contributed by atoms with Crippen LogP contribution in [0.4, 0.5) is 8.78 Å². The van der Waals surface area contributed by atoms with Gasteiger partial charge in [-0.1, -0.05) is 11.6 Å². The van der Waals surface area contributed by atoms with E-state index in [1.165, 1.54) is 23.1 Å². The first kappa shape index (κ1) is 19.4. The monoisotopic (exact) mass is 375 g/mol. The molecule has 0 aromatic heterocycles. The highest BCUT2D eigenvalue weighted by Crippen LogP contribution is 2.27. The van der Waals surface area contributed by atoms with Crippen molar-refractivity contribution < 1.29 is 23.1 Å². The summed E-state index contributed by atoms with van der Waals surface area (Å²) in [5.41, 5.74) is 5.32. The third-order valence-electron chi connectivity index (χ3n) is 3.91. The first-order valence-electron chi connectivity index (χ1n) is 7.93. The lowest BCUT2D eigenvalue weighted by atomic mass is 9.96. The van der Waals surface area contributed by atoms with Crippen molar-refractivity contribution in [3.8, 4) is 5.75 Å². The standard InChI is InChI=1S/C16H20ClF2N3O3/c17-11-3-4-13(25-16(18)19)12(8-11)15(24)22-7-1-2-10(9-22)14(23)21-6-5-20/h3-4,8,10,16H,1-2,5-7,9,20H2,(H,21,23). The molecule has 0 bridgehead atoms. The molecule has 1 aromatic rings. The molecule has 0 radical (unpaired) electrons. The number of halogens is 3. The summed E-state index contributed by atoms with van der Waals surface area (Å²) in [6, 6.07) is 3.89. The molecule has 1 heterocycles. The van der Waals surface area contributed by atoms with Gasteiger partial charge in [-0.15, -0.1) is 0 Å². The maximum absolute atomic E-state index is 12.7. The molecule has 138 valence electrons. The van der Waals surface area contributed by atoms with Crippen molar-refractivity contribution in [3.63, 3.8) is 0 Å². The van der Waals surface area contributed by atoms with Crippen LogP contribution in [0.1, 0.15) is 23.2 Å². The van der Waals surface area contributed by atoms with Crippen LogP contribution in [0.2, 0.25) is 5.02 Å². The molecule has 1 aliphatic heterocycles. The zero-order valence-electron chi connectivity index (χ0n) is 13.5. The van der Waals surface area contributed by atoms with Gasteiger partial charge in [0, 0.05) is 31.2 Å². The Labute approximate surface area is 149 Å². The fourth-order valence-corrected chi connectivity index (χ4v) is 2.93. The van der Waals surface area contributed by atoms with Crippen molar-refractivity contribution in [1.29, 1.82) is 0 Å². The summed E-state index contributed by atoms with van der Waals surface area (Å²) in [5.74, 6) is -1.26. The van der Waals surface area contributed by atoms with Crippen LogP contribution in [0, 0.1) is 5.92 Å². The molecule has 9 heteroatoms. The van der Waals surface area contributed by atoms with Crippen LogP contribution in [0.5, 0.6) is 5.75 Å². The summed E-state index contributed by atoms with van der Waals surface area (Å²) in [7, 11) is 0. The van der Waals surface area contributed by atoms with Gasteiger partial charge in [-0.05, 0) is 31.0 Å². The van der Waals surface area contributed by atoms with Crippen LogP contribution in [0.25, 0.3) is 0 Å². The van der Waals surface area contributed by atoms with Crippen LogP contribution in [0.3, 0.4) is 0 Å². The number of amides is 2. The third-order valence-corrected chi connectivity index (χ3v) is 4.15. The van der Waals surface area contributed by atoms with E-state index >= 15 is 0 Å². The van der Waals surface area contributed by atoms with E-state index in [2.05, 4.69) is 10.1 Å². The molecule has 2 rings (SSSR count). The summed E-state index contributed by atoms with van der Waals surface area (Å²) in [5, 5.41) is 2.94. The number of rotatable bonds is 6. The van der Waals surface area contributed by atoms with Gasteiger partial charge in [0.05, 0.1) is 11.5 Å². The number of carbonyl (C=O) groups excluding carboxylic acids is 2. The molecule has 1 aromatic carbocycles. The number of hydrogen-bond donors (Lipinski definition) is 2. The minimum absolute atomic E-state index is 0.0455. The smallest absolute Gasteiger partial charge is 0.387 e. The molecule has 1 atom stereocenters. The third kappa shape index (κ3) is 5.27. The molecule has 1 saturated heterocycles. The maximum atomic E-state index is 12.7. The Morgan fingerprint density at radius 3 is 2.88 bits per heavy atom. The highest BCUT2D eigenvalue weighted by Gasteiger charge is 2.30. The Morgan fingerprint density at radius 1 is 1.44 bits per heavy atom. The van der Waals surface area contributed by atoms with Crippen LogP contribution < -0.4 is 15.8 Å². The van der Waals surface area contributed by atoms with Crippen LogP contribution in [-0.2, 0) is 4.79 Å². The van der Waals surface area contributed by atoms with Crippen LogP contribution in [-0.4, -0.2) is 49.5 Å². The fraction of sp³-hybridized carbons (Fsp3) is 0.500. The summed E-state index contributed by atoms with van der Waals surface area (Å²) >= 11 is 5.88. The van der Waals surface area contributed by atoms with Gasteiger partial charge in [0.1, 0.15) is 5.75 Å². The van der Waals surface area contributed by atoms with Gasteiger partial charge in [0.25, 0.3) is 5.91 Å². The molecule has 2 amide bonds. The Balaban J connectivity index is 2.14. The molecule has 3 N–H and O–H groups in total. The zero-order valence-corrected chi connectivity index (χ0v) is 14.3. The van der Waals surface area contributed by atoms with E-state index in [0.29, 0.717) is 32.5 Å². The molecule has 0 saturated carbocycles. The normalized spacial score (nSPS) is 17.5. The molecule has 25 heavy (non-hydrogen) atoms. The number of alkyl halides is 2. The van der Waals surface area contributed by atoms with Crippen molar-refractivity contribution >= 4 is 23.4 Å². The zero-order chi connectivity index (χ0) is 18.4. The Bertz CT molecular complexity index is 631. The van der Waals surface area contributed by atoms with Crippen LogP contribution >= 0.6 is 11.6 Å². The molecule has 1 fully saturated rings. The number of ether oxygens (including phenoxy) is 1. The number of piperidine rings is 1. The average molecular weight is 376 g/mol. The lowest BCUT2D eigenvalue weighted by Gasteiger charge is -2.32. The quantitative estimate of drug-likeness (QED) is 0.795. The summed E-state index contributed by atoms with van der Waals surface area (Å²) in [4.78, 5) is 26.3. The van der Waals surface area contributed by atoms with Crippen molar-refractivity contribution in [3.05, 3.63) is 28.8 Å². The molecule has 0 spiro atoms. The van der Waals surface area contributed by atoms with Gasteiger partial charge in [-0.2, -0.15) is 8.78 Å². The summed E-state index contributed by atoms with van der Waals surface area (Å²) in [6.45, 7) is -1.72. The second-order valence-corrected chi connectivity index (χ2v) is 6.13. The topological polar surface area (TPSA) is 84.7 Å². The summed E-state index contributed by atoms with van der Waals surface area (Å²) < 4.78 is 29.5. The van der Waals surface area contributed by atoms with Gasteiger partial charge in [0.2, 0.25) is 5.91 Å². The first-order chi connectivity index (χ1) is 11.9. The van der Waals surface area contributed by atoms with E-state index in [4.69, 9.17) is 17.3 Å². The number of nitrogens with one attached hydrogen (secondary N) is 1. The number of hydrogen-bond acceptors (Lipinski definition) is 4. The van der Waals surface area contributed by atoms with Crippen molar-refractivity contribution in [2.75, 3.05) is 26.2 Å². The molecule has 1 unspecified atom stereocenters. The largest absolute Gasteiger partial charge is 0.434 e. The van der Waals surface area contributed by atoms with E-state index in [1.54, 1.807) is 0 Å². The van der Waals surface area contributed by atoms with Gasteiger partial charge >= 0.3 is 6.61 Å². The van der Waals surface area contributed by atoms with Crippen LogP contribution in [0.15, 0.2) is 18.2 Å². The second kappa shape index (κ2) is 8.96. The molecule has 1 aliphatic rings. The van der Waals surface area contributed by atoms with E-state index < -0.39 is 12.5 Å². The highest BCUT2D eigenvalue weighted by molar-refractivity contribution is 6.31. The Hall–Kier alpha value is -1.93. The van der Waals surface area contributed by atoms with Crippen molar-refractivity contribution in [2.45, 2.75) is 19.5 Å². The lowest BCUT2D eigenvalue weighted by molar-refractivity contribution is -0.126. The second-order valence-electron chi connectivity index (χ2n) is 5.69. The van der Waals surface area contributed by atoms with E-state index in [0.717, 1.165) is 0 Å². The lowest BCUT2D eigenvalue weighted by Crippen LogP contribution is -2.46. The van der Waals surface area contributed by atoms with Gasteiger partial charge < -0.3 is 20.7 Å². The number of carbonyl (C=O) groups is 2. The fourth-order valence-electron chi connectivity index (χ4n) is 2.75. The predicted octanol–water partition coefficient (Wildman–Crippen LogP) is 1.87. The van der Waals surface area contributed by atoms with Gasteiger partial charge in [0.15, 0.2) is 0 Å².